The molecule has 0 heterocycles. The Balaban J connectivity index is 1.86. The molecule has 0 spiro atoms. The smallest absolute Gasteiger partial charge is 0.0686 e. The zero-order valence-corrected chi connectivity index (χ0v) is 9.51. The molecular weight excluding hydrogens is 174 g/mol. The molecule has 0 aromatic rings. The molecule has 2 nitrogen and oxygen atoms in total. The topological polar surface area (TPSA) is 21.3 Å². The van der Waals surface area contributed by atoms with Crippen LogP contribution in [-0.2, 0) is 4.74 Å². The van der Waals surface area contributed by atoms with Crippen LogP contribution in [0.15, 0.2) is 12.2 Å². The lowest BCUT2D eigenvalue weighted by Gasteiger charge is -2.10. The summed E-state index contributed by atoms with van der Waals surface area (Å²) in [6.07, 6.45) is 4.07. The number of ether oxygens (including phenoxy) is 1. The lowest BCUT2D eigenvalue weighted by atomic mass is 10.3. The second-order valence-electron chi connectivity index (χ2n) is 4.57. The number of hydrogen-bond acceptors (Lipinski definition) is 2. The Morgan fingerprint density at radius 3 is 2.79 bits per heavy atom. The van der Waals surface area contributed by atoms with Gasteiger partial charge in [0.05, 0.1) is 6.61 Å². The van der Waals surface area contributed by atoms with Crippen molar-refractivity contribution in [2.45, 2.75) is 39.2 Å². The van der Waals surface area contributed by atoms with Crippen LogP contribution in [0.3, 0.4) is 0 Å². The minimum Gasteiger partial charge on any atom is -0.377 e. The van der Waals surface area contributed by atoms with Crippen molar-refractivity contribution in [3.05, 3.63) is 12.2 Å². The molecule has 2 heteroatoms. The monoisotopic (exact) mass is 197 g/mol. The van der Waals surface area contributed by atoms with E-state index in [0.717, 1.165) is 24.6 Å². The molecule has 1 aliphatic rings. The predicted octanol–water partition coefficient (Wildman–Crippen LogP) is 2.36. The van der Waals surface area contributed by atoms with Gasteiger partial charge in [-0.05, 0) is 17.9 Å². The summed E-state index contributed by atoms with van der Waals surface area (Å²) in [7, 11) is 0. The Bertz CT molecular complexity index is 173. The van der Waals surface area contributed by atoms with Gasteiger partial charge in [-0.2, -0.15) is 0 Å². The van der Waals surface area contributed by atoms with E-state index >= 15 is 0 Å². The van der Waals surface area contributed by atoms with Gasteiger partial charge in [0.2, 0.25) is 0 Å². The fraction of sp³-hybridized carbons (Fsp3) is 0.833. The summed E-state index contributed by atoms with van der Waals surface area (Å²) < 4.78 is 5.54. The third-order valence-electron chi connectivity index (χ3n) is 2.43. The van der Waals surface area contributed by atoms with Gasteiger partial charge in [-0.25, -0.2) is 0 Å². The summed E-state index contributed by atoms with van der Waals surface area (Å²) in [4.78, 5) is 0. The molecule has 14 heavy (non-hydrogen) atoms. The summed E-state index contributed by atoms with van der Waals surface area (Å²) in [5.74, 6) is 0.969. The SMILES string of the molecule is C=C(CNC(C)C)COCCC1CC1. The van der Waals surface area contributed by atoms with E-state index in [9.17, 15) is 0 Å². The van der Waals surface area contributed by atoms with Crippen molar-refractivity contribution in [1.29, 1.82) is 0 Å². The molecule has 0 radical (unpaired) electrons. The molecule has 0 aromatic heterocycles. The molecule has 1 rings (SSSR count). The highest BCUT2D eigenvalue weighted by Crippen LogP contribution is 2.32. The minimum atomic E-state index is 0.526. The van der Waals surface area contributed by atoms with Crippen molar-refractivity contribution >= 4 is 0 Å². The Labute approximate surface area is 87.7 Å². The zero-order chi connectivity index (χ0) is 10.4. The molecule has 1 saturated carbocycles. The van der Waals surface area contributed by atoms with Gasteiger partial charge < -0.3 is 10.1 Å². The first kappa shape index (κ1) is 11.7. The van der Waals surface area contributed by atoms with Crippen molar-refractivity contribution < 1.29 is 4.74 Å². The van der Waals surface area contributed by atoms with Crippen LogP contribution in [0.5, 0.6) is 0 Å². The number of nitrogens with one attached hydrogen (secondary N) is 1. The van der Waals surface area contributed by atoms with E-state index < -0.39 is 0 Å². The summed E-state index contributed by atoms with van der Waals surface area (Å²) >= 11 is 0. The third kappa shape index (κ3) is 6.17. The van der Waals surface area contributed by atoms with Crippen LogP contribution in [0.2, 0.25) is 0 Å². The minimum absolute atomic E-state index is 0.526. The van der Waals surface area contributed by atoms with Gasteiger partial charge in [0.1, 0.15) is 0 Å². The summed E-state index contributed by atoms with van der Waals surface area (Å²) in [5, 5.41) is 3.33. The zero-order valence-electron chi connectivity index (χ0n) is 9.51. The van der Waals surface area contributed by atoms with Crippen molar-refractivity contribution in [3.63, 3.8) is 0 Å². The van der Waals surface area contributed by atoms with Gasteiger partial charge in [0.25, 0.3) is 0 Å². The molecule has 0 bridgehead atoms. The summed E-state index contributed by atoms with van der Waals surface area (Å²) in [5.41, 5.74) is 1.15. The van der Waals surface area contributed by atoms with E-state index in [1.165, 1.54) is 19.3 Å². The maximum absolute atomic E-state index is 5.54. The Morgan fingerprint density at radius 1 is 1.50 bits per heavy atom. The largest absolute Gasteiger partial charge is 0.377 e. The van der Waals surface area contributed by atoms with E-state index in [-0.39, 0.29) is 0 Å². The summed E-state index contributed by atoms with van der Waals surface area (Å²) in [6, 6.07) is 0.526. The van der Waals surface area contributed by atoms with Crippen LogP contribution in [-0.4, -0.2) is 25.8 Å². The second-order valence-corrected chi connectivity index (χ2v) is 4.57. The molecule has 0 unspecified atom stereocenters. The van der Waals surface area contributed by atoms with Crippen molar-refractivity contribution in [2.24, 2.45) is 5.92 Å². The van der Waals surface area contributed by atoms with Crippen molar-refractivity contribution in [3.8, 4) is 0 Å². The van der Waals surface area contributed by atoms with Gasteiger partial charge >= 0.3 is 0 Å². The van der Waals surface area contributed by atoms with E-state index in [1.807, 2.05) is 0 Å². The van der Waals surface area contributed by atoms with Crippen LogP contribution < -0.4 is 5.32 Å². The average molecular weight is 197 g/mol. The van der Waals surface area contributed by atoms with Crippen molar-refractivity contribution in [2.75, 3.05) is 19.8 Å². The van der Waals surface area contributed by atoms with Gasteiger partial charge in [0.15, 0.2) is 0 Å². The molecule has 0 saturated heterocycles. The highest BCUT2D eigenvalue weighted by molar-refractivity contribution is 4.97. The van der Waals surface area contributed by atoms with E-state index in [1.54, 1.807) is 0 Å². The molecule has 0 amide bonds. The van der Waals surface area contributed by atoms with Crippen LogP contribution in [0, 0.1) is 5.92 Å². The Hall–Kier alpha value is -0.340. The fourth-order valence-electron chi connectivity index (χ4n) is 1.27. The average Bonchev–Trinajstić information content (AvgIpc) is 2.92. The fourth-order valence-corrected chi connectivity index (χ4v) is 1.27. The molecule has 0 aliphatic heterocycles. The van der Waals surface area contributed by atoms with Crippen LogP contribution in [0.25, 0.3) is 0 Å². The first-order valence-corrected chi connectivity index (χ1v) is 5.66. The molecule has 1 N–H and O–H groups in total. The van der Waals surface area contributed by atoms with E-state index in [2.05, 4.69) is 25.7 Å². The number of rotatable bonds is 8. The molecule has 1 aliphatic carbocycles. The maximum Gasteiger partial charge on any atom is 0.0686 e. The number of hydrogen-bond donors (Lipinski definition) is 1. The maximum atomic E-state index is 5.54. The van der Waals surface area contributed by atoms with Crippen LogP contribution >= 0.6 is 0 Å². The van der Waals surface area contributed by atoms with Gasteiger partial charge in [-0.15, -0.1) is 0 Å². The van der Waals surface area contributed by atoms with Gasteiger partial charge in [-0.1, -0.05) is 33.3 Å². The normalized spacial score (nSPS) is 16.2. The highest BCUT2D eigenvalue weighted by Gasteiger charge is 2.20. The Morgan fingerprint density at radius 2 is 2.21 bits per heavy atom. The highest BCUT2D eigenvalue weighted by atomic mass is 16.5. The van der Waals surface area contributed by atoms with Crippen LogP contribution in [0.1, 0.15) is 33.1 Å². The lowest BCUT2D eigenvalue weighted by molar-refractivity contribution is 0.148. The molecule has 0 atom stereocenters. The van der Waals surface area contributed by atoms with E-state index in [0.29, 0.717) is 12.6 Å². The van der Waals surface area contributed by atoms with Crippen molar-refractivity contribution in [1.82, 2.24) is 5.32 Å². The van der Waals surface area contributed by atoms with Crippen LogP contribution in [0.4, 0.5) is 0 Å². The van der Waals surface area contributed by atoms with E-state index in [4.69, 9.17) is 4.74 Å². The Kier molecular flexibility index (Phi) is 5.20. The predicted molar refractivity (Wildman–Crippen MR) is 60.4 cm³/mol. The first-order chi connectivity index (χ1) is 6.68. The van der Waals surface area contributed by atoms with Gasteiger partial charge in [-0.3, -0.25) is 0 Å². The quantitative estimate of drug-likeness (QED) is 0.476. The molecule has 0 aromatic carbocycles. The molecule has 82 valence electrons. The summed E-state index contributed by atoms with van der Waals surface area (Å²) in [6.45, 7) is 10.8. The standard InChI is InChI=1S/C12H23NO/c1-10(2)13-8-11(3)9-14-7-6-12-4-5-12/h10,12-13H,3-9H2,1-2H3. The first-order valence-electron chi connectivity index (χ1n) is 5.66. The molecule has 1 fully saturated rings. The third-order valence-corrected chi connectivity index (χ3v) is 2.43. The second kappa shape index (κ2) is 6.20. The molecular formula is C12H23NO. The lowest BCUT2D eigenvalue weighted by Crippen LogP contribution is -2.25. The van der Waals surface area contributed by atoms with Gasteiger partial charge in [0, 0.05) is 19.2 Å².